The van der Waals surface area contributed by atoms with Crippen LogP contribution in [0.4, 0.5) is 5.69 Å². The summed E-state index contributed by atoms with van der Waals surface area (Å²) < 4.78 is 10.8. The summed E-state index contributed by atoms with van der Waals surface area (Å²) >= 11 is 0. The smallest absolute Gasteiger partial charge is 0.306 e. The van der Waals surface area contributed by atoms with Crippen molar-refractivity contribution in [2.45, 2.75) is 64.6 Å². The van der Waals surface area contributed by atoms with Gasteiger partial charge < -0.3 is 14.8 Å². The second kappa shape index (κ2) is 10.1. The summed E-state index contributed by atoms with van der Waals surface area (Å²) in [5.41, 5.74) is 1.78. The molecule has 24 heavy (non-hydrogen) atoms. The Hall–Kier alpha value is -1.88. The largest absolute Gasteiger partial charge is 0.466 e. The molecule has 0 aliphatic heterocycles. The normalized spacial score (nSPS) is 15.0. The van der Waals surface area contributed by atoms with Gasteiger partial charge in [0.1, 0.15) is 0 Å². The Morgan fingerprint density at radius 1 is 1.17 bits per heavy atom. The topological polar surface area (TPSA) is 64.6 Å². The molecule has 0 unspecified atom stereocenters. The van der Waals surface area contributed by atoms with Crippen molar-refractivity contribution in [2.24, 2.45) is 0 Å². The van der Waals surface area contributed by atoms with Crippen molar-refractivity contribution in [3.8, 4) is 0 Å². The maximum absolute atomic E-state index is 11.9. The number of carbonyl (C=O) groups is 2. The summed E-state index contributed by atoms with van der Waals surface area (Å²) in [5.74, 6) is -0.532. The molecule has 1 amide bonds. The van der Waals surface area contributed by atoms with Gasteiger partial charge in [-0.05, 0) is 37.5 Å². The molecule has 132 valence electrons. The average Bonchev–Trinajstić information content (AvgIpc) is 2.60. The highest BCUT2D eigenvalue weighted by Gasteiger charge is 2.14. The fraction of sp³-hybridized carbons (Fsp3) is 0.579. The first-order chi connectivity index (χ1) is 11.7. The van der Waals surface area contributed by atoms with Gasteiger partial charge in [0, 0.05) is 12.1 Å². The molecule has 0 heterocycles. The van der Waals surface area contributed by atoms with Crippen molar-refractivity contribution in [1.82, 2.24) is 0 Å². The van der Waals surface area contributed by atoms with Crippen LogP contribution in [0.25, 0.3) is 0 Å². The number of carbonyl (C=O) groups excluding carboxylic acids is 2. The number of rotatable bonds is 8. The van der Waals surface area contributed by atoms with E-state index in [0.717, 1.165) is 24.1 Å². The molecule has 1 fully saturated rings. The van der Waals surface area contributed by atoms with Crippen molar-refractivity contribution in [1.29, 1.82) is 0 Å². The lowest BCUT2D eigenvalue weighted by atomic mass is 9.98. The minimum Gasteiger partial charge on any atom is -0.466 e. The summed E-state index contributed by atoms with van der Waals surface area (Å²) in [6, 6.07) is 7.66. The highest BCUT2D eigenvalue weighted by molar-refractivity contribution is 5.92. The average molecular weight is 333 g/mol. The van der Waals surface area contributed by atoms with Gasteiger partial charge in [-0.3, -0.25) is 9.59 Å². The number of esters is 1. The molecule has 5 heteroatoms. The van der Waals surface area contributed by atoms with Crippen molar-refractivity contribution in [2.75, 3.05) is 11.9 Å². The predicted octanol–water partition coefficient (Wildman–Crippen LogP) is 3.82. The Balaban J connectivity index is 1.76. The van der Waals surface area contributed by atoms with Crippen LogP contribution < -0.4 is 5.32 Å². The molecule has 0 bridgehead atoms. The summed E-state index contributed by atoms with van der Waals surface area (Å²) in [6.45, 7) is 2.65. The fourth-order valence-corrected chi connectivity index (χ4v) is 2.86. The Bertz CT molecular complexity index is 538. The zero-order valence-electron chi connectivity index (χ0n) is 14.4. The number of hydrogen-bond acceptors (Lipinski definition) is 4. The third-order valence-electron chi connectivity index (χ3n) is 4.11. The third-order valence-corrected chi connectivity index (χ3v) is 4.11. The van der Waals surface area contributed by atoms with Gasteiger partial charge in [0.25, 0.3) is 0 Å². The van der Waals surface area contributed by atoms with E-state index in [2.05, 4.69) is 5.32 Å². The molecule has 1 aromatic rings. The minimum atomic E-state index is -0.345. The lowest BCUT2D eigenvalue weighted by Crippen LogP contribution is -2.16. The van der Waals surface area contributed by atoms with Crippen LogP contribution in [0.2, 0.25) is 0 Å². The molecule has 1 N–H and O–H groups in total. The lowest BCUT2D eigenvalue weighted by molar-refractivity contribution is -0.144. The van der Waals surface area contributed by atoms with Crippen LogP contribution in [0.15, 0.2) is 24.3 Å². The predicted molar refractivity (Wildman–Crippen MR) is 92.6 cm³/mol. The quantitative estimate of drug-likeness (QED) is 0.735. The maximum Gasteiger partial charge on any atom is 0.306 e. The fourth-order valence-electron chi connectivity index (χ4n) is 2.86. The van der Waals surface area contributed by atoms with Crippen molar-refractivity contribution in [3.63, 3.8) is 0 Å². The van der Waals surface area contributed by atoms with E-state index in [0.29, 0.717) is 19.3 Å². The second-order valence-corrected chi connectivity index (χ2v) is 6.12. The van der Waals surface area contributed by atoms with Gasteiger partial charge in [0.15, 0.2) is 0 Å². The molecule has 1 aliphatic carbocycles. The van der Waals surface area contributed by atoms with Gasteiger partial charge in [-0.2, -0.15) is 0 Å². The highest BCUT2D eigenvalue weighted by Crippen LogP contribution is 2.22. The minimum absolute atomic E-state index is 0.101. The number of anilines is 1. The van der Waals surface area contributed by atoms with Crippen molar-refractivity contribution >= 4 is 17.6 Å². The van der Waals surface area contributed by atoms with E-state index in [9.17, 15) is 9.59 Å². The van der Waals surface area contributed by atoms with E-state index in [1.165, 1.54) is 19.3 Å². The number of ether oxygens (including phenoxy) is 2. The maximum atomic E-state index is 11.9. The molecule has 1 aromatic carbocycles. The van der Waals surface area contributed by atoms with E-state index >= 15 is 0 Å². The van der Waals surface area contributed by atoms with E-state index in [1.54, 1.807) is 6.92 Å². The Morgan fingerprint density at radius 2 is 1.96 bits per heavy atom. The molecule has 2 rings (SSSR count). The molecular formula is C19H27NO4. The van der Waals surface area contributed by atoms with Gasteiger partial charge in [-0.15, -0.1) is 0 Å². The summed E-state index contributed by atoms with van der Waals surface area (Å²) in [4.78, 5) is 23.2. The van der Waals surface area contributed by atoms with Crippen LogP contribution in [0.1, 0.15) is 57.4 Å². The van der Waals surface area contributed by atoms with Crippen LogP contribution in [0.5, 0.6) is 0 Å². The molecule has 0 radical (unpaired) electrons. The van der Waals surface area contributed by atoms with E-state index in [1.807, 2.05) is 24.3 Å². The summed E-state index contributed by atoms with van der Waals surface area (Å²) in [6.07, 6.45) is 6.69. The standard InChI is InChI=1S/C19H27NO4/c1-2-23-19(22)12-11-18(21)20-16-8-6-7-15(13-16)14-24-17-9-4-3-5-10-17/h6-8,13,17H,2-5,9-12,14H2,1H3,(H,20,21). The van der Waals surface area contributed by atoms with Crippen LogP contribution in [0.3, 0.4) is 0 Å². The SMILES string of the molecule is CCOC(=O)CCC(=O)Nc1cccc(COC2CCCCC2)c1. The zero-order valence-corrected chi connectivity index (χ0v) is 14.4. The molecule has 1 saturated carbocycles. The van der Waals surface area contributed by atoms with Gasteiger partial charge in [-0.25, -0.2) is 0 Å². The lowest BCUT2D eigenvalue weighted by Gasteiger charge is -2.22. The Morgan fingerprint density at radius 3 is 2.71 bits per heavy atom. The highest BCUT2D eigenvalue weighted by atomic mass is 16.5. The van der Waals surface area contributed by atoms with Gasteiger partial charge in [-0.1, -0.05) is 31.4 Å². The zero-order chi connectivity index (χ0) is 17.2. The monoisotopic (exact) mass is 333 g/mol. The van der Waals surface area contributed by atoms with Crippen LogP contribution >= 0.6 is 0 Å². The van der Waals surface area contributed by atoms with E-state index in [4.69, 9.17) is 9.47 Å². The number of nitrogens with one attached hydrogen (secondary N) is 1. The van der Waals surface area contributed by atoms with Gasteiger partial charge in [0.2, 0.25) is 5.91 Å². The molecular weight excluding hydrogens is 306 g/mol. The number of benzene rings is 1. The molecule has 5 nitrogen and oxygen atoms in total. The molecule has 0 spiro atoms. The van der Waals surface area contributed by atoms with Crippen molar-refractivity contribution < 1.29 is 19.1 Å². The first-order valence-electron chi connectivity index (χ1n) is 8.83. The van der Waals surface area contributed by atoms with Gasteiger partial charge in [0.05, 0.1) is 25.7 Å². The third kappa shape index (κ3) is 6.71. The van der Waals surface area contributed by atoms with E-state index in [-0.39, 0.29) is 24.7 Å². The molecule has 1 aliphatic rings. The Labute approximate surface area is 143 Å². The summed E-state index contributed by atoms with van der Waals surface area (Å²) in [5, 5.41) is 2.82. The van der Waals surface area contributed by atoms with Crippen LogP contribution in [0, 0.1) is 0 Å². The number of amides is 1. The van der Waals surface area contributed by atoms with Crippen molar-refractivity contribution in [3.05, 3.63) is 29.8 Å². The first kappa shape index (κ1) is 18.5. The Kier molecular flexibility index (Phi) is 7.75. The molecule has 0 aromatic heterocycles. The van der Waals surface area contributed by atoms with Crippen LogP contribution in [-0.4, -0.2) is 24.6 Å². The first-order valence-corrected chi connectivity index (χ1v) is 8.83. The summed E-state index contributed by atoms with van der Waals surface area (Å²) in [7, 11) is 0. The number of hydrogen-bond donors (Lipinski definition) is 1. The molecule has 0 atom stereocenters. The van der Waals surface area contributed by atoms with E-state index < -0.39 is 0 Å². The van der Waals surface area contributed by atoms with Crippen LogP contribution in [-0.2, 0) is 25.7 Å². The second-order valence-electron chi connectivity index (χ2n) is 6.12. The molecule has 0 saturated heterocycles. The van der Waals surface area contributed by atoms with Gasteiger partial charge >= 0.3 is 5.97 Å².